The van der Waals surface area contributed by atoms with E-state index in [1.807, 2.05) is 0 Å². The Morgan fingerprint density at radius 3 is 1.49 bits per heavy atom. The number of hydrogen-bond acceptors (Lipinski definition) is 1. The molecule has 0 saturated heterocycles. The molecule has 388 valence electrons. The first-order chi connectivity index (χ1) is 41.7. The fourth-order valence-corrected chi connectivity index (χ4v) is 16.4. The lowest BCUT2D eigenvalue weighted by Gasteiger charge is -2.39. The van der Waals surface area contributed by atoms with Crippen molar-refractivity contribution in [3.63, 3.8) is 0 Å². The highest BCUT2D eigenvalue weighted by Crippen LogP contribution is 2.66. The van der Waals surface area contributed by atoms with Crippen LogP contribution in [0.3, 0.4) is 0 Å². The molecular weight excluding hydrogens is 1010 g/mol. The van der Waals surface area contributed by atoms with E-state index in [2.05, 4.69) is 313 Å². The van der Waals surface area contributed by atoms with Gasteiger partial charge in [-0.1, -0.05) is 261 Å². The highest BCUT2D eigenvalue weighted by atomic mass is 15.1. The van der Waals surface area contributed by atoms with Crippen LogP contribution in [0.1, 0.15) is 44.5 Å². The van der Waals surface area contributed by atoms with Gasteiger partial charge in [0.05, 0.1) is 38.9 Å². The van der Waals surface area contributed by atoms with Crippen LogP contribution in [-0.4, -0.2) is 4.57 Å². The smallest absolute Gasteiger partial charge is 0.0754 e. The lowest BCUT2D eigenvalue weighted by atomic mass is 9.65. The van der Waals surface area contributed by atoms with Crippen molar-refractivity contribution in [2.24, 2.45) is 0 Å². The minimum Gasteiger partial charge on any atom is -0.309 e. The van der Waals surface area contributed by atoms with Gasteiger partial charge in [-0.05, 0) is 153 Å². The average Bonchev–Trinajstić information content (AvgIpc) is 1.73. The molecule has 0 N–H and O–H groups in total. The van der Waals surface area contributed by atoms with Gasteiger partial charge in [-0.3, -0.25) is 0 Å². The molecule has 0 amide bonds. The van der Waals surface area contributed by atoms with Crippen molar-refractivity contribution in [1.29, 1.82) is 0 Å². The third kappa shape index (κ3) is 5.74. The fourth-order valence-electron chi connectivity index (χ4n) is 16.4. The first-order valence-corrected chi connectivity index (χ1v) is 29.4. The number of anilines is 3. The number of para-hydroxylation sites is 3. The number of aromatic nitrogens is 1. The van der Waals surface area contributed by atoms with Crippen LogP contribution in [0.15, 0.2) is 303 Å². The Bertz CT molecular complexity index is 5300. The maximum absolute atomic E-state index is 2.56. The normalized spacial score (nSPS) is 15.0. The molecule has 2 heterocycles. The molecule has 1 aromatic heterocycles. The van der Waals surface area contributed by atoms with Gasteiger partial charge in [-0.15, -0.1) is 0 Å². The molecular formula is C82H50N2. The Morgan fingerprint density at radius 2 is 0.738 bits per heavy atom. The second-order valence-electron chi connectivity index (χ2n) is 23.3. The summed E-state index contributed by atoms with van der Waals surface area (Å²) in [6, 6.07) is 115. The minimum atomic E-state index is -0.561. The van der Waals surface area contributed by atoms with E-state index in [1.54, 1.807) is 0 Å². The molecule has 15 aromatic rings. The molecule has 0 bridgehead atoms. The lowest BCUT2D eigenvalue weighted by Crippen LogP contribution is -2.33. The Kier molecular flexibility index (Phi) is 9.23. The molecule has 84 heavy (non-hydrogen) atoms. The van der Waals surface area contributed by atoms with Gasteiger partial charge in [-0.25, -0.2) is 0 Å². The van der Waals surface area contributed by atoms with Gasteiger partial charge in [0.2, 0.25) is 0 Å². The van der Waals surface area contributed by atoms with E-state index in [-0.39, 0.29) is 0 Å². The van der Waals surface area contributed by atoms with Crippen LogP contribution < -0.4 is 4.90 Å². The quantitative estimate of drug-likeness (QED) is 0.167. The molecule has 19 rings (SSSR count). The summed E-state index contributed by atoms with van der Waals surface area (Å²) in [4.78, 5) is 2.56. The second kappa shape index (κ2) is 16.9. The van der Waals surface area contributed by atoms with Gasteiger partial charge in [0.25, 0.3) is 0 Å². The molecule has 1 unspecified atom stereocenters. The van der Waals surface area contributed by atoms with Gasteiger partial charge in [0.1, 0.15) is 0 Å². The Labute approximate surface area is 487 Å². The molecule has 14 aromatic carbocycles. The third-order valence-electron chi connectivity index (χ3n) is 19.6. The molecule has 3 aliphatic carbocycles. The van der Waals surface area contributed by atoms with Crippen molar-refractivity contribution in [1.82, 2.24) is 4.57 Å². The van der Waals surface area contributed by atoms with Crippen LogP contribution in [-0.2, 0) is 10.8 Å². The van der Waals surface area contributed by atoms with Gasteiger partial charge in [-0.2, -0.15) is 0 Å². The molecule has 0 saturated carbocycles. The lowest BCUT2D eigenvalue weighted by molar-refractivity contribution is 0.749. The Hall–Kier alpha value is -10.8. The van der Waals surface area contributed by atoms with Crippen molar-refractivity contribution in [2.45, 2.75) is 10.8 Å². The zero-order valence-corrected chi connectivity index (χ0v) is 45.8. The monoisotopic (exact) mass is 1060 g/mol. The summed E-state index contributed by atoms with van der Waals surface area (Å²) in [6.45, 7) is 0. The second-order valence-corrected chi connectivity index (χ2v) is 23.3. The minimum absolute atomic E-state index is 0.490. The van der Waals surface area contributed by atoms with Crippen molar-refractivity contribution in [2.75, 3.05) is 4.90 Å². The van der Waals surface area contributed by atoms with Crippen molar-refractivity contribution in [3.05, 3.63) is 348 Å². The molecule has 0 fully saturated rings. The first kappa shape index (κ1) is 45.9. The largest absolute Gasteiger partial charge is 0.309 e. The molecule has 1 aliphatic heterocycles. The van der Waals surface area contributed by atoms with E-state index in [1.165, 1.54) is 149 Å². The van der Waals surface area contributed by atoms with E-state index in [4.69, 9.17) is 0 Å². The van der Waals surface area contributed by atoms with Crippen molar-refractivity contribution >= 4 is 60.4 Å². The summed E-state index contributed by atoms with van der Waals surface area (Å²) in [5.41, 5.74) is 29.2. The number of benzene rings is 14. The zero-order valence-electron chi connectivity index (χ0n) is 45.8. The third-order valence-corrected chi connectivity index (χ3v) is 19.6. The predicted octanol–water partition coefficient (Wildman–Crippen LogP) is 20.9. The standard InChI is InChI=1S/C82H50N2/c1-2-22-55-51(20-1)21-17-30-56(55)52-42-45-54(46-43-52)83(78-41-19-37-72-79(78)66-29-8-13-35-70(66)81(72)67-32-10-5-24-59(67)60-25-6-11-33-68(60)81)76-49-48-57(58-23-3-4-27-63(58)76)53-44-47-62-61-26-7-12-34-69(61)82(74(62)50-53)71-36-14-16-40-77(71)84-75-39-15-9-28-64(75)65-31-18-38-73(82)80(65)84/h1-50H. The van der Waals surface area contributed by atoms with Crippen LogP contribution in [0.25, 0.3) is 105 Å². The average molecular weight is 1060 g/mol. The van der Waals surface area contributed by atoms with Crippen LogP contribution in [0.5, 0.6) is 0 Å². The van der Waals surface area contributed by atoms with Crippen LogP contribution in [0.2, 0.25) is 0 Å². The van der Waals surface area contributed by atoms with Crippen molar-refractivity contribution in [3.8, 4) is 61.3 Å². The van der Waals surface area contributed by atoms with E-state index in [0.717, 1.165) is 17.1 Å². The summed E-state index contributed by atoms with van der Waals surface area (Å²) >= 11 is 0. The highest BCUT2D eigenvalue weighted by Gasteiger charge is 2.53. The van der Waals surface area contributed by atoms with Crippen molar-refractivity contribution < 1.29 is 0 Å². The van der Waals surface area contributed by atoms with E-state index in [0.29, 0.717) is 0 Å². The summed E-state index contributed by atoms with van der Waals surface area (Å²) < 4.78 is 2.53. The van der Waals surface area contributed by atoms with E-state index < -0.39 is 10.8 Å². The Balaban J connectivity index is 0.847. The first-order valence-electron chi connectivity index (χ1n) is 29.4. The number of hydrogen-bond donors (Lipinski definition) is 0. The predicted molar refractivity (Wildman–Crippen MR) is 349 cm³/mol. The van der Waals surface area contributed by atoms with Crippen LogP contribution >= 0.6 is 0 Å². The Morgan fingerprint density at radius 1 is 0.262 bits per heavy atom. The molecule has 2 heteroatoms. The van der Waals surface area contributed by atoms with E-state index in [9.17, 15) is 0 Å². The molecule has 0 radical (unpaired) electrons. The van der Waals surface area contributed by atoms with Gasteiger partial charge < -0.3 is 9.47 Å². The molecule has 2 spiro atoms. The van der Waals surface area contributed by atoms with Gasteiger partial charge in [0, 0.05) is 27.4 Å². The number of nitrogens with zero attached hydrogens (tertiary/aromatic N) is 2. The van der Waals surface area contributed by atoms with Gasteiger partial charge in [0.15, 0.2) is 0 Å². The van der Waals surface area contributed by atoms with Crippen LogP contribution in [0, 0.1) is 0 Å². The summed E-state index contributed by atoms with van der Waals surface area (Å²) in [5.74, 6) is 0. The summed E-state index contributed by atoms with van der Waals surface area (Å²) in [5, 5.41) is 7.43. The zero-order chi connectivity index (χ0) is 54.8. The SMILES string of the molecule is c1ccc2c(c1)-c1ccccc1C21c2ccccc2-c2c(N(c3ccc(-c4cccc5ccccc45)cc3)c3ccc(-c4ccc5c(c4)C4(c6ccccc6-5)c5ccccc5-n5c6ccccc6c6cccc4c65)c4ccccc34)cccc21. The molecule has 1 atom stereocenters. The molecule has 2 nitrogen and oxygen atoms in total. The highest BCUT2D eigenvalue weighted by molar-refractivity contribution is 6.14. The molecule has 4 aliphatic rings. The topological polar surface area (TPSA) is 8.17 Å². The van der Waals surface area contributed by atoms with E-state index >= 15 is 0 Å². The summed E-state index contributed by atoms with van der Waals surface area (Å²) in [6.07, 6.45) is 0. The van der Waals surface area contributed by atoms with Gasteiger partial charge >= 0.3 is 0 Å². The summed E-state index contributed by atoms with van der Waals surface area (Å²) in [7, 11) is 0. The van der Waals surface area contributed by atoms with Crippen LogP contribution in [0.4, 0.5) is 17.1 Å². The maximum atomic E-state index is 2.56. The maximum Gasteiger partial charge on any atom is 0.0754 e. The number of rotatable bonds is 5. The number of fused-ring (bicyclic) bond motifs is 24. The fraction of sp³-hybridized carbons (Fsp3) is 0.0244.